The van der Waals surface area contributed by atoms with Crippen LogP contribution in [-0.2, 0) is 9.47 Å². The fourth-order valence-electron chi connectivity index (χ4n) is 10.4. The van der Waals surface area contributed by atoms with Crippen LogP contribution in [0.1, 0.15) is 91.9 Å². The molecule has 0 radical (unpaired) electrons. The molecule has 6 fully saturated rings. The van der Waals surface area contributed by atoms with Crippen molar-refractivity contribution in [2.75, 3.05) is 6.61 Å². The van der Waals surface area contributed by atoms with Crippen LogP contribution in [0.2, 0.25) is 0 Å². The molecule has 0 aromatic carbocycles. The van der Waals surface area contributed by atoms with Crippen LogP contribution in [0.25, 0.3) is 10.4 Å². The van der Waals surface area contributed by atoms with E-state index in [9.17, 15) is 0 Å². The van der Waals surface area contributed by atoms with Crippen LogP contribution in [0.4, 0.5) is 0 Å². The summed E-state index contributed by atoms with van der Waals surface area (Å²) < 4.78 is 13.4. The Morgan fingerprint density at radius 1 is 0.906 bits per heavy atom. The van der Waals surface area contributed by atoms with Crippen molar-refractivity contribution < 1.29 is 9.47 Å². The minimum absolute atomic E-state index is 0.234. The lowest BCUT2D eigenvalue weighted by Gasteiger charge is -2.61. The van der Waals surface area contributed by atoms with Gasteiger partial charge in [0.15, 0.2) is 5.79 Å². The van der Waals surface area contributed by atoms with Crippen molar-refractivity contribution in [3.8, 4) is 0 Å². The molecule has 5 nitrogen and oxygen atoms in total. The van der Waals surface area contributed by atoms with Gasteiger partial charge in [0.25, 0.3) is 0 Å². The van der Waals surface area contributed by atoms with E-state index in [2.05, 4.69) is 37.7 Å². The lowest BCUT2D eigenvalue weighted by Crippen LogP contribution is -2.55. The monoisotopic (exact) mass is 441 g/mol. The van der Waals surface area contributed by atoms with Crippen LogP contribution in [0.15, 0.2) is 5.11 Å². The van der Waals surface area contributed by atoms with E-state index >= 15 is 0 Å². The number of azide groups is 1. The Balaban J connectivity index is 1.23. The summed E-state index contributed by atoms with van der Waals surface area (Å²) in [5.74, 6) is 4.81. The van der Waals surface area contributed by atoms with Crippen molar-refractivity contribution in [1.29, 1.82) is 0 Å². The zero-order valence-corrected chi connectivity index (χ0v) is 20.6. The quantitative estimate of drug-likeness (QED) is 0.247. The molecule has 2 aliphatic heterocycles. The third-order valence-electron chi connectivity index (χ3n) is 12.1. The molecule has 0 amide bonds. The molecule has 178 valence electrons. The molecule has 2 heterocycles. The molecule has 6 rings (SSSR count). The summed E-state index contributed by atoms with van der Waals surface area (Å²) in [6.45, 7) is 10.9. The topological polar surface area (TPSA) is 67.2 Å². The molecule has 4 aliphatic carbocycles. The van der Waals surface area contributed by atoms with Gasteiger partial charge in [0.05, 0.1) is 12.7 Å². The third-order valence-corrected chi connectivity index (χ3v) is 12.1. The molecule has 32 heavy (non-hydrogen) atoms. The standard InChI is InChI=1S/C27H43N3O2/c1-16-7-12-27(31-15-16)17(2)24-23(32-27)14-22-20-6-5-18-13-19(29-30-28)8-10-25(18,3)21(20)9-11-26(22,24)4/h16-24H,5-15H2,1-4H3/t16-,17?,18?,19-,20?,21?,22?,23?,24?,25-,26-,27?/m0/s1. The Morgan fingerprint density at radius 2 is 1.72 bits per heavy atom. The second-order valence-electron chi connectivity index (χ2n) is 13.3. The molecule has 0 aromatic heterocycles. The van der Waals surface area contributed by atoms with Gasteiger partial charge in [0.1, 0.15) is 0 Å². The van der Waals surface area contributed by atoms with Crippen LogP contribution in [-0.4, -0.2) is 24.5 Å². The average Bonchev–Trinajstić information content (AvgIpc) is 3.21. The van der Waals surface area contributed by atoms with E-state index in [0.717, 1.165) is 49.5 Å². The van der Waals surface area contributed by atoms with Crippen molar-refractivity contribution in [1.82, 2.24) is 0 Å². The molecule has 4 saturated carbocycles. The number of rotatable bonds is 1. The molecule has 8 unspecified atom stereocenters. The van der Waals surface area contributed by atoms with E-state index in [4.69, 9.17) is 15.0 Å². The molecule has 0 N–H and O–H groups in total. The Hall–Kier alpha value is -0.770. The van der Waals surface area contributed by atoms with Crippen LogP contribution in [0.5, 0.6) is 0 Å². The summed E-state index contributed by atoms with van der Waals surface area (Å²) in [7, 11) is 0. The molecule has 12 atom stereocenters. The normalized spacial score (nSPS) is 58.9. The first-order valence-electron chi connectivity index (χ1n) is 13.7. The Kier molecular flexibility index (Phi) is 5.00. The summed E-state index contributed by atoms with van der Waals surface area (Å²) in [6.07, 6.45) is 12.9. The molecular weight excluding hydrogens is 398 g/mol. The van der Waals surface area contributed by atoms with E-state index < -0.39 is 0 Å². The number of hydrogen-bond donors (Lipinski definition) is 0. The van der Waals surface area contributed by atoms with Gasteiger partial charge in [0.2, 0.25) is 0 Å². The first kappa shape index (κ1) is 21.7. The summed E-state index contributed by atoms with van der Waals surface area (Å²) in [4.78, 5) is 3.13. The minimum atomic E-state index is -0.296. The van der Waals surface area contributed by atoms with Crippen molar-refractivity contribution in [2.24, 2.45) is 57.4 Å². The molecule has 6 aliphatic rings. The Labute approximate surface area is 194 Å². The highest BCUT2D eigenvalue weighted by molar-refractivity contribution is 5.15. The lowest BCUT2D eigenvalue weighted by atomic mass is 9.44. The van der Waals surface area contributed by atoms with E-state index in [0.29, 0.717) is 34.7 Å². The minimum Gasteiger partial charge on any atom is -0.349 e. The van der Waals surface area contributed by atoms with Gasteiger partial charge in [-0.25, -0.2) is 0 Å². The molecular formula is C27H43N3O2. The second-order valence-corrected chi connectivity index (χ2v) is 13.3. The maximum absolute atomic E-state index is 8.94. The number of hydrogen-bond acceptors (Lipinski definition) is 3. The zero-order chi connectivity index (χ0) is 22.3. The molecule has 2 saturated heterocycles. The summed E-state index contributed by atoms with van der Waals surface area (Å²) >= 11 is 0. The highest BCUT2D eigenvalue weighted by atomic mass is 16.7. The van der Waals surface area contributed by atoms with Crippen molar-refractivity contribution in [3.63, 3.8) is 0 Å². The fourth-order valence-corrected chi connectivity index (χ4v) is 10.4. The predicted octanol–water partition coefficient (Wildman–Crippen LogP) is 7.11. The fraction of sp³-hybridized carbons (Fsp3) is 1.00. The number of nitrogens with zero attached hydrogens (tertiary/aromatic N) is 3. The van der Waals surface area contributed by atoms with Gasteiger partial charge in [0, 0.05) is 23.3 Å². The average molecular weight is 442 g/mol. The predicted molar refractivity (Wildman–Crippen MR) is 125 cm³/mol. The van der Waals surface area contributed by atoms with Gasteiger partial charge in [-0.1, -0.05) is 32.8 Å². The van der Waals surface area contributed by atoms with E-state index in [1.54, 1.807) is 0 Å². The van der Waals surface area contributed by atoms with Crippen LogP contribution in [0, 0.1) is 52.3 Å². The molecule has 0 bridgehead atoms. The first-order chi connectivity index (χ1) is 15.3. The first-order valence-corrected chi connectivity index (χ1v) is 13.7. The summed E-state index contributed by atoms with van der Waals surface area (Å²) in [5.41, 5.74) is 9.79. The largest absolute Gasteiger partial charge is 0.349 e. The zero-order valence-electron chi connectivity index (χ0n) is 20.6. The number of ether oxygens (including phenoxy) is 2. The van der Waals surface area contributed by atoms with Crippen molar-refractivity contribution >= 4 is 0 Å². The second kappa shape index (κ2) is 7.36. The van der Waals surface area contributed by atoms with Crippen LogP contribution < -0.4 is 0 Å². The van der Waals surface area contributed by atoms with Crippen LogP contribution >= 0.6 is 0 Å². The van der Waals surface area contributed by atoms with Gasteiger partial charge in [-0.15, -0.1) is 0 Å². The lowest BCUT2D eigenvalue weighted by molar-refractivity contribution is -0.273. The van der Waals surface area contributed by atoms with Crippen molar-refractivity contribution in [3.05, 3.63) is 10.4 Å². The number of fused-ring (bicyclic) bond motifs is 7. The molecule has 5 heteroatoms. The molecule has 1 spiro atoms. The third kappa shape index (κ3) is 2.86. The maximum Gasteiger partial charge on any atom is 0.171 e. The summed E-state index contributed by atoms with van der Waals surface area (Å²) in [5, 5.41) is 4.12. The van der Waals surface area contributed by atoms with Gasteiger partial charge in [-0.3, -0.25) is 0 Å². The Morgan fingerprint density at radius 3 is 2.47 bits per heavy atom. The van der Waals surface area contributed by atoms with Crippen LogP contribution in [0.3, 0.4) is 0 Å². The summed E-state index contributed by atoms with van der Waals surface area (Å²) in [6, 6.07) is 0.234. The van der Waals surface area contributed by atoms with Crippen molar-refractivity contribution in [2.45, 2.75) is 110 Å². The maximum atomic E-state index is 8.94. The highest BCUT2D eigenvalue weighted by Crippen LogP contribution is 2.71. The van der Waals surface area contributed by atoms with E-state index in [-0.39, 0.29) is 11.8 Å². The highest BCUT2D eigenvalue weighted by Gasteiger charge is 2.69. The van der Waals surface area contributed by atoms with Gasteiger partial charge < -0.3 is 9.47 Å². The van der Waals surface area contributed by atoms with Gasteiger partial charge in [-0.05, 0) is 110 Å². The SMILES string of the molecule is CC1C2C(CC3C4CCC5C[C@@H](N=[N+]=[N-])CC[C@]5(C)C4CC[C@@]32C)OC12CC[C@H](C)CO2. The van der Waals surface area contributed by atoms with Gasteiger partial charge in [-0.2, -0.15) is 0 Å². The van der Waals surface area contributed by atoms with E-state index in [1.807, 2.05) is 0 Å². The van der Waals surface area contributed by atoms with Gasteiger partial charge >= 0.3 is 0 Å². The van der Waals surface area contributed by atoms with E-state index in [1.165, 1.54) is 44.9 Å². The Bertz CT molecular complexity index is 803. The smallest absolute Gasteiger partial charge is 0.171 e. The molecule has 0 aromatic rings.